The fourth-order valence-corrected chi connectivity index (χ4v) is 2.16. The van der Waals surface area contributed by atoms with E-state index < -0.39 is 0 Å². The molecule has 1 aliphatic heterocycles. The lowest BCUT2D eigenvalue weighted by Gasteiger charge is -2.15. The van der Waals surface area contributed by atoms with Gasteiger partial charge in [0, 0.05) is 45.4 Å². The van der Waals surface area contributed by atoms with Crippen LogP contribution in [0.5, 0.6) is 0 Å². The van der Waals surface area contributed by atoms with Gasteiger partial charge in [0.05, 0.1) is 0 Å². The summed E-state index contributed by atoms with van der Waals surface area (Å²) in [5, 5.41) is 0. The molecule has 1 amide bonds. The van der Waals surface area contributed by atoms with Crippen molar-refractivity contribution in [3.63, 3.8) is 0 Å². The molecule has 6 heteroatoms. The third-order valence-corrected chi connectivity index (χ3v) is 3.26. The van der Waals surface area contributed by atoms with Crippen LogP contribution in [0.4, 0.5) is 0 Å². The Morgan fingerprint density at radius 2 is 2.00 bits per heavy atom. The minimum Gasteiger partial charge on any atom is -0.343 e. The van der Waals surface area contributed by atoms with E-state index in [4.69, 9.17) is 0 Å². The molecule has 0 N–H and O–H groups in total. The number of hydrogen-bond acceptors (Lipinski definition) is 3. The number of carbonyl (C=O) groups is 1. The Hall–Kier alpha value is -1.85. The summed E-state index contributed by atoms with van der Waals surface area (Å²) in [4.78, 5) is 36.2. The third-order valence-electron chi connectivity index (χ3n) is 3.26. The number of amides is 1. The highest BCUT2D eigenvalue weighted by atomic mass is 16.2. The lowest BCUT2D eigenvalue weighted by Crippen LogP contribution is -2.37. The van der Waals surface area contributed by atoms with Crippen molar-refractivity contribution in [2.24, 2.45) is 7.05 Å². The van der Waals surface area contributed by atoms with E-state index >= 15 is 0 Å². The summed E-state index contributed by atoms with van der Waals surface area (Å²) in [6.45, 7) is 2.02. The van der Waals surface area contributed by atoms with Crippen molar-refractivity contribution >= 4 is 5.91 Å². The van der Waals surface area contributed by atoms with Crippen LogP contribution >= 0.6 is 0 Å². The number of rotatable bonds is 4. The van der Waals surface area contributed by atoms with Gasteiger partial charge in [-0.1, -0.05) is 0 Å². The maximum Gasteiger partial charge on any atom is 0.330 e. The van der Waals surface area contributed by atoms with Crippen LogP contribution in [0.2, 0.25) is 0 Å². The van der Waals surface area contributed by atoms with Gasteiger partial charge in [-0.2, -0.15) is 0 Å². The van der Waals surface area contributed by atoms with Gasteiger partial charge in [-0.05, 0) is 12.8 Å². The second-order valence-corrected chi connectivity index (χ2v) is 4.53. The molecule has 1 fully saturated rings. The second kappa shape index (κ2) is 5.20. The van der Waals surface area contributed by atoms with Gasteiger partial charge in [0.2, 0.25) is 5.91 Å². The summed E-state index contributed by atoms with van der Waals surface area (Å²) in [6, 6.07) is 1.38. The molecule has 2 rings (SSSR count). The van der Waals surface area contributed by atoms with Crippen LogP contribution in [0.1, 0.15) is 19.3 Å². The predicted molar refractivity (Wildman–Crippen MR) is 66.4 cm³/mol. The first-order valence-corrected chi connectivity index (χ1v) is 6.14. The molecule has 0 spiro atoms. The minimum absolute atomic E-state index is 0.197. The monoisotopic (exact) mass is 251 g/mol. The summed E-state index contributed by atoms with van der Waals surface area (Å²) in [6.07, 6.45) is 3.80. The lowest BCUT2D eigenvalue weighted by molar-refractivity contribution is -0.127. The van der Waals surface area contributed by atoms with E-state index in [1.165, 1.54) is 23.9 Å². The molecule has 0 unspecified atom stereocenters. The van der Waals surface area contributed by atoms with Crippen molar-refractivity contribution < 1.29 is 4.79 Å². The quantitative estimate of drug-likeness (QED) is 0.728. The molecule has 0 saturated carbocycles. The SMILES string of the molecule is Cn1c(=O)ccn(CCCN2CCCC2=O)c1=O. The zero-order chi connectivity index (χ0) is 13.1. The molecule has 18 heavy (non-hydrogen) atoms. The minimum atomic E-state index is -0.310. The Morgan fingerprint density at radius 1 is 1.22 bits per heavy atom. The summed E-state index contributed by atoms with van der Waals surface area (Å²) in [5.41, 5.74) is -0.610. The summed E-state index contributed by atoms with van der Waals surface area (Å²) in [7, 11) is 1.46. The fraction of sp³-hybridized carbons (Fsp3) is 0.583. The first-order chi connectivity index (χ1) is 8.59. The van der Waals surface area contributed by atoms with Gasteiger partial charge in [-0.3, -0.25) is 14.2 Å². The standard InChI is InChI=1S/C12H17N3O3/c1-13-10(16)5-9-15(12(13)18)8-3-7-14-6-2-4-11(14)17/h5,9H,2-4,6-8H2,1H3. The van der Waals surface area contributed by atoms with E-state index in [1.807, 2.05) is 4.90 Å². The van der Waals surface area contributed by atoms with Crippen molar-refractivity contribution in [3.8, 4) is 0 Å². The van der Waals surface area contributed by atoms with Gasteiger partial charge in [-0.15, -0.1) is 0 Å². The Balaban J connectivity index is 1.95. The van der Waals surface area contributed by atoms with Crippen molar-refractivity contribution in [1.29, 1.82) is 0 Å². The molecule has 0 aromatic carbocycles. The van der Waals surface area contributed by atoms with Crippen LogP contribution in [0.3, 0.4) is 0 Å². The highest BCUT2D eigenvalue weighted by Gasteiger charge is 2.19. The molecule has 0 aliphatic carbocycles. The van der Waals surface area contributed by atoms with Crippen LogP contribution in [-0.2, 0) is 18.4 Å². The van der Waals surface area contributed by atoms with Crippen LogP contribution in [0, 0.1) is 0 Å². The topological polar surface area (TPSA) is 64.3 Å². The first-order valence-electron chi connectivity index (χ1n) is 6.14. The summed E-state index contributed by atoms with van der Waals surface area (Å²) < 4.78 is 2.59. The summed E-state index contributed by atoms with van der Waals surface area (Å²) >= 11 is 0. The molecule has 0 atom stereocenters. The number of carbonyl (C=O) groups excluding carboxylic acids is 1. The lowest BCUT2D eigenvalue weighted by atomic mass is 10.4. The Bertz CT molecular complexity index is 558. The van der Waals surface area contributed by atoms with E-state index in [0.29, 0.717) is 19.5 Å². The number of aryl methyl sites for hydroxylation is 1. The first kappa shape index (κ1) is 12.6. The van der Waals surface area contributed by atoms with Gasteiger partial charge < -0.3 is 9.47 Å². The maximum absolute atomic E-state index is 11.7. The van der Waals surface area contributed by atoms with Gasteiger partial charge in [0.25, 0.3) is 5.56 Å². The molecule has 1 aromatic rings. The van der Waals surface area contributed by atoms with Crippen LogP contribution in [0.15, 0.2) is 21.9 Å². The Kier molecular flexibility index (Phi) is 3.64. The highest BCUT2D eigenvalue weighted by molar-refractivity contribution is 5.77. The van der Waals surface area contributed by atoms with Crippen LogP contribution in [0.25, 0.3) is 0 Å². The molecule has 98 valence electrons. The van der Waals surface area contributed by atoms with Crippen molar-refractivity contribution in [3.05, 3.63) is 33.1 Å². The van der Waals surface area contributed by atoms with Crippen molar-refractivity contribution in [1.82, 2.24) is 14.0 Å². The largest absolute Gasteiger partial charge is 0.343 e. The van der Waals surface area contributed by atoms with Crippen LogP contribution < -0.4 is 11.2 Å². The fourth-order valence-electron chi connectivity index (χ4n) is 2.16. The van der Waals surface area contributed by atoms with E-state index in [2.05, 4.69) is 0 Å². The van der Waals surface area contributed by atoms with E-state index in [1.54, 1.807) is 0 Å². The zero-order valence-electron chi connectivity index (χ0n) is 10.5. The number of nitrogens with zero attached hydrogens (tertiary/aromatic N) is 3. The molecular weight excluding hydrogens is 234 g/mol. The predicted octanol–water partition coefficient (Wildman–Crippen LogP) is -0.440. The third kappa shape index (κ3) is 2.52. The van der Waals surface area contributed by atoms with Gasteiger partial charge in [0.1, 0.15) is 0 Å². The van der Waals surface area contributed by atoms with E-state index in [-0.39, 0.29) is 17.2 Å². The smallest absolute Gasteiger partial charge is 0.330 e. The number of aromatic nitrogens is 2. The molecule has 1 aromatic heterocycles. The van der Waals surface area contributed by atoms with E-state index in [0.717, 1.165) is 24.0 Å². The molecule has 2 heterocycles. The van der Waals surface area contributed by atoms with Gasteiger partial charge >= 0.3 is 5.69 Å². The second-order valence-electron chi connectivity index (χ2n) is 4.53. The van der Waals surface area contributed by atoms with E-state index in [9.17, 15) is 14.4 Å². The molecule has 6 nitrogen and oxygen atoms in total. The average Bonchev–Trinajstić information content (AvgIpc) is 2.75. The average molecular weight is 251 g/mol. The molecule has 1 saturated heterocycles. The Labute approximate surface area is 104 Å². The highest BCUT2D eigenvalue weighted by Crippen LogP contribution is 2.09. The van der Waals surface area contributed by atoms with Crippen molar-refractivity contribution in [2.75, 3.05) is 13.1 Å². The summed E-state index contributed by atoms with van der Waals surface area (Å²) in [5.74, 6) is 0.197. The van der Waals surface area contributed by atoms with Gasteiger partial charge in [0.15, 0.2) is 0 Å². The number of likely N-dealkylation sites (tertiary alicyclic amines) is 1. The molecular formula is C12H17N3O3. The van der Waals surface area contributed by atoms with Gasteiger partial charge in [-0.25, -0.2) is 4.79 Å². The Morgan fingerprint density at radius 3 is 2.67 bits per heavy atom. The zero-order valence-corrected chi connectivity index (χ0v) is 10.5. The number of hydrogen-bond donors (Lipinski definition) is 0. The normalized spacial score (nSPS) is 15.4. The molecule has 0 radical (unpaired) electrons. The van der Waals surface area contributed by atoms with Crippen molar-refractivity contribution in [2.45, 2.75) is 25.8 Å². The van der Waals surface area contributed by atoms with Crippen LogP contribution in [-0.4, -0.2) is 33.0 Å². The molecule has 0 bridgehead atoms. The molecule has 1 aliphatic rings. The maximum atomic E-state index is 11.7.